The molecule has 0 aliphatic rings. The van der Waals surface area contributed by atoms with Gasteiger partial charge in [-0.15, -0.1) is 0 Å². The summed E-state index contributed by atoms with van der Waals surface area (Å²) in [5.74, 6) is 1.04. The van der Waals surface area contributed by atoms with Crippen LogP contribution in [0.15, 0.2) is 146 Å². The van der Waals surface area contributed by atoms with E-state index >= 15 is 0 Å². The molecule has 0 unspecified atom stereocenters. The number of hydrogen-bond donors (Lipinski definition) is 1. The molecule has 0 radical (unpaired) electrons. The lowest BCUT2D eigenvalue weighted by atomic mass is 9.75. The highest BCUT2D eigenvalue weighted by Crippen LogP contribution is 2.42. The van der Waals surface area contributed by atoms with Gasteiger partial charge in [-0.3, -0.25) is 4.90 Å². The van der Waals surface area contributed by atoms with Crippen LogP contribution in [0.4, 0.5) is 17.2 Å². The first kappa shape index (κ1) is 26.0. The number of aromatic nitrogens is 2. The van der Waals surface area contributed by atoms with Gasteiger partial charge in [0.25, 0.3) is 0 Å². The molecule has 0 saturated carbocycles. The van der Waals surface area contributed by atoms with Crippen molar-refractivity contribution < 1.29 is 5.11 Å². The van der Waals surface area contributed by atoms with Gasteiger partial charge < -0.3 is 5.11 Å². The van der Waals surface area contributed by atoms with E-state index in [-0.39, 0.29) is 11.2 Å². The van der Waals surface area contributed by atoms with E-state index in [9.17, 15) is 5.11 Å². The number of phenolic OH excluding ortho intramolecular Hbond substituents is 1. The van der Waals surface area contributed by atoms with Crippen LogP contribution >= 0.6 is 0 Å². The Morgan fingerprint density at radius 2 is 1.24 bits per heavy atom. The fraction of sp³-hybridized carbons (Fsp3) is 0.0811. The number of anilines is 3. The van der Waals surface area contributed by atoms with Crippen LogP contribution in [0.5, 0.6) is 5.75 Å². The largest absolute Gasteiger partial charge is 0.507 e. The molecule has 2 aromatic heterocycles. The van der Waals surface area contributed by atoms with Gasteiger partial charge in [-0.05, 0) is 71.8 Å². The summed E-state index contributed by atoms with van der Waals surface area (Å²) in [4.78, 5) is 12.0. The van der Waals surface area contributed by atoms with E-state index in [4.69, 9.17) is 9.97 Å². The monoisotopic (exact) mass is 533 g/mol. The Balaban J connectivity index is 1.58. The summed E-state index contributed by atoms with van der Waals surface area (Å²) < 4.78 is 0. The van der Waals surface area contributed by atoms with Crippen LogP contribution in [0.3, 0.4) is 0 Å². The molecule has 0 atom stereocenters. The van der Waals surface area contributed by atoms with Crippen molar-refractivity contribution in [3.8, 4) is 28.3 Å². The molecule has 6 rings (SSSR count). The van der Waals surface area contributed by atoms with Gasteiger partial charge in [0, 0.05) is 34.1 Å². The Morgan fingerprint density at radius 1 is 0.585 bits per heavy atom. The minimum Gasteiger partial charge on any atom is -0.507 e. The molecule has 0 aliphatic heterocycles. The van der Waals surface area contributed by atoms with E-state index < -0.39 is 0 Å². The lowest BCUT2D eigenvalue weighted by molar-refractivity contribution is 0.477. The summed E-state index contributed by atoms with van der Waals surface area (Å²) in [5.41, 5.74) is 7.35. The molecule has 0 aliphatic carbocycles. The highest BCUT2D eigenvalue weighted by Gasteiger charge is 2.28. The van der Waals surface area contributed by atoms with Crippen molar-refractivity contribution in [2.24, 2.45) is 0 Å². The van der Waals surface area contributed by atoms with E-state index in [1.54, 1.807) is 6.07 Å². The minimum absolute atomic E-state index is 0.209. The fourth-order valence-corrected chi connectivity index (χ4v) is 5.34. The first-order valence-electron chi connectivity index (χ1n) is 13.7. The van der Waals surface area contributed by atoms with Gasteiger partial charge >= 0.3 is 0 Å². The molecular weight excluding hydrogens is 502 g/mol. The summed E-state index contributed by atoms with van der Waals surface area (Å²) in [6.45, 7) is 4.50. The van der Waals surface area contributed by atoms with Crippen LogP contribution < -0.4 is 4.90 Å². The average molecular weight is 534 g/mol. The summed E-state index contributed by atoms with van der Waals surface area (Å²) in [5, 5.41) is 10.6. The van der Waals surface area contributed by atoms with Gasteiger partial charge in [-0.1, -0.05) is 92.7 Å². The predicted molar refractivity (Wildman–Crippen MR) is 168 cm³/mol. The Bertz CT molecular complexity index is 1730. The van der Waals surface area contributed by atoms with Gasteiger partial charge in [0.2, 0.25) is 0 Å². The molecule has 0 amide bonds. The second kappa shape index (κ2) is 11.1. The molecule has 0 saturated heterocycles. The van der Waals surface area contributed by atoms with Crippen LogP contribution in [0.25, 0.3) is 22.5 Å². The molecule has 6 aromatic rings. The SMILES string of the molecule is CC(C)(c1ccccc1)c1ccc(N(c2ccccc2)c2ccccn2)cc1-c1cccc(-c2ccccc2O)n1. The number of rotatable bonds is 7. The van der Waals surface area contributed by atoms with Crippen molar-refractivity contribution in [2.75, 3.05) is 4.90 Å². The van der Waals surface area contributed by atoms with Crippen LogP contribution in [0.2, 0.25) is 0 Å². The molecule has 200 valence electrons. The molecular formula is C37H31N3O. The molecule has 1 N–H and O–H groups in total. The minimum atomic E-state index is -0.301. The lowest BCUT2D eigenvalue weighted by Crippen LogP contribution is -2.21. The maximum atomic E-state index is 10.6. The number of pyridine rings is 2. The van der Waals surface area contributed by atoms with Gasteiger partial charge in [-0.25, -0.2) is 9.97 Å². The van der Waals surface area contributed by atoms with Crippen molar-refractivity contribution >= 4 is 17.2 Å². The van der Waals surface area contributed by atoms with E-state index in [0.29, 0.717) is 5.56 Å². The molecule has 4 heteroatoms. The number of aromatic hydroxyl groups is 1. The highest BCUT2D eigenvalue weighted by molar-refractivity contribution is 5.81. The topological polar surface area (TPSA) is 49.2 Å². The third-order valence-electron chi connectivity index (χ3n) is 7.53. The Hall–Kier alpha value is -5.22. The van der Waals surface area contributed by atoms with Crippen molar-refractivity contribution in [3.05, 3.63) is 157 Å². The van der Waals surface area contributed by atoms with Crippen LogP contribution in [0, 0.1) is 0 Å². The molecule has 4 nitrogen and oxygen atoms in total. The maximum Gasteiger partial charge on any atom is 0.137 e. The highest BCUT2D eigenvalue weighted by atomic mass is 16.3. The molecule has 2 heterocycles. The molecule has 4 aromatic carbocycles. The van der Waals surface area contributed by atoms with Crippen LogP contribution in [-0.2, 0) is 5.41 Å². The Labute approximate surface area is 241 Å². The summed E-state index contributed by atoms with van der Waals surface area (Å²) in [6, 6.07) is 46.7. The average Bonchev–Trinajstić information content (AvgIpc) is 3.03. The third kappa shape index (κ3) is 5.20. The fourth-order valence-electron chi connectivity index (χ4n) is 5.34. The standard InChI is InChI=1S/C37H31N3O/c1-37(2,27-14-5-3-6-15-27)32-24-23-29(40(28-16-7-4-8-17-28)36-22-11-12-25-38-36)26-31(32)34-20-13-19-33(39-34)30-18-9-10-21-35(30)41/h3-26,41H,1-2H3. The van der Waals surface area contributed by atoms with Gasteiger partial charge in [0.05, 0.1) is 11.4 Å². The smallest absolute Gasteiger partial charge is 0.137 e. The quantitative estimate of drug-likeness (QED) is 0.222. The zero-order chi connectivity index (χ0) is 28.2. The van der Waals surface area contributed by atoms with Crippen molar-refractivity contribution in [2.45, 2.75) is 19.3 Å². The molecule has 0 spiro atoms. The number of hydrogen-bond acceptors (Lipinski definition) is 4. The zero-order valence-corrected chi connectivity index (χ0v) is 23.1. The van der Waals surface area contributed by atoms with Crippen LogP contribution in [-0.4, -0.2) is 15.1 Å². The summed E-state index contributed by atoms with van der Waals surface area (Å²) in [7, 11) is 0. The maximum absolute atomic E-state index is 10.6. The molecule has 0 bridgehead atoms. The first-order chi connectivity index (χ1) is 20.0. The van der Waals surface area contributed by atoms with Crippen LogP contribution in [0.1, 0.15) is 25.0 Å². The van der Waals surface area contributed by atoms with E-state index in [2.05, 4.69) is 73.3 Å². The van der Waals surface area contributed by atoms with Crippen molar-refractivity contribution in [1.82, 2.24) is 9.97 Å². The number of phenols is 1. The van der Waals surface area contributed by atoms with E-state index in [0.717, 1.165) is 39.7 Å². The number of para-hydroxylation sites is 2. The Kier molecular flexibility index (Phi) is 7.05. The van der Waals surface area contributed by atoms with E-state index in [1.807, 2.05) is 85.1 Å². The number of nitrogens with zero attached hydrogens (tertiary/aromatic N) is 3. The molecule has 0 fully saturated rings. The number of benzene rings is 4. The van der Waals surface area contributed by atoms with Crippen molar-refractivity contribution in [3.63, 3.8) is 0 Å². The van der Waals surface area contributed by atoms with E-state index in [1.165, 1.54) is 5.56 Å². The molecule has 41 heavy (non-hydrogen) atoms. The summed E-state index contributed by atoms with van der Waals surface area (Å²) >= 11 is 0. The van der Waals surface area contributed by atoms with Gasteiger partial charge in [-0.2, -0.15) is 0 Å². The normalized spacial score (nSPS) is 11.3. The second-order valence-corrected chi connectivity index (χ2v) is 10.5. The zero-order valence-electron chi connectivity index (χ0n) is 23.1. The lowest BCUT2D eigenvalue weighted by Gasteiger charge is -2.31. The van der Waals surface area contributed by atoms with Gasteiger partial charge in [0.1, 0.15) is 11.6 Å². The summed E-state index contributed by atoms with van der Waals surface area (Å²) in [6.07, 6.45) is 1.82. The Morgan fingerprint density at radius 3 is 1.95 bits per heavy atom. The van der Waals surface area contributed by atoms with Crippen molar-refractivity contribution in [1.29, 1.82) is 0 Å². The first-order valence-corrected chi connectivity index (χ1v) is 13.7. The predicted octanol–water partition coefficient (Wildman–Crippen LogP) is 9.31. The third-order valence-corrected chi connectivity index (χ3v) is 7.53. The van der Waals surface area contributed by atoms with Gasteiger partial charge in [0.15, 0.2) is 0 Å². The second-order valence-electron chi connectivity index (χ2n) is 10.5.